The van der Waals surface area contributed by atoms with Crippen LogP contribution in [0.2, 0.25) is 0 Å². The first kappa shape index (κ1) is 13.1. The summed E-state index contributed by atoms with van der Waals surface area (Å²) >= 11 is 3.22. The first-order valence-corrected chi connectivity index (χ1v) is 5.38. The summed E-state index contributed by atoms with van der Waals surface area (Å²) in [6, 6.07) is 5.75. The third-order valence-electron chi connectivity index (χ3n) is 1.86. The zero-order valence-corrected chi connectivity index (χ0v) is 10.4. The molecule has 1 aromatic rings. The van der Waals surface area contributed by atoms with E-state index in [0.717, 1.165) is 0 Å². The predicted octanol–water partition coefficient (Wildman–Crippen LogP) is 3.64. The van der Waals surface area contributed by atoms with Crippen molar-refractivity contribution >= 4 is 21.7 Å². The fourth-order valence-corrected chi connectivity index (χ4v) is 1.39. The number of carbonyl (C=O) groups excluding carboxylic acids is 1. The summed E-state index contributed by atoms with van der Waals surface area (Å²) in [6.45, 7) is 0.494. The van der Waals surface area contributed by atoms with E-state index in [1.54, 1.807) is 19.9 Å². The average molecular weight is 293 g/mol. The van der Waals surface area contributed by atoms with Crippen molar-refractivity contribution in [3.05, 3.63) is 29.8 Å². The van der Waals surface area contributed by atoms with E-state index in [9.17, 15) is 13.6 Å². The second kappa shape index (κ2) is 4.91. The van der Waals surface area contributed by atoms with Crippen LogP contribution in [0.3, 0.4) is 0 Å². The van der Waals surface area contributed by atoms with E-state index in [-0.39, 0.29) is 11.5 Å². The van der Waals surface area contributed by atoms with Gasteiger partial charge in [-0.05, 0) is 26.0 Å². The molecule has 0 aliphatic carbocycles. The summed E-state index contributed by atoms with van der Waals surface area (Å²) in [7, 11) is 0. The van der Waals surface area contributed by atoms with Gasteiger partial charge >= 0.3 is 6.61 Å². The van der Waals surface area contributed by atoms with Gasteiger partial charge in [0.2, 0.25) is 0 Å². The molecule has 2 nitrogen and oxygen atoms in total. The zero-order chi connectivity index (χ0) is 12.3. The van der Waals surface area contributed by atoms with Gasteiger partial charge < -0.3 is 4.74 Å². The second-order valence-corrected chi connectivity index (χ2v) is 5.69. The number of hydrogen-bond acceptors (Lipinski definition) is 2. The fraction of sp³-hybridized carbons (Fsp3) is 0.364. The van der Waals surface area contributed by atoms with Gasteiger partial charge in [0.15, 0.2) is 5.78 Å². The van der Waals surface area contributed by atoms with E-state index < -0.39 is 10.9 Å². The molecule has 88 valence electrons. The number of rotatable bonds is 4. The average Bonchev–Trinajstić information content (AvgIpc) is 2.14. The van der Waals surface area contributed by atoms with Crippen LogP contribution in [0.5, 0.6) is 5.75 Å². The number of carbonyl (C=O) groups is 1. The normalized spacial score (nSPS) is 11.6. The maximum absolute atomic E-state index is 12.0. The first-order valence-electron chi connectivity index (χ1n) is 4.59. The lowest BCUT2D eigenvalue weighted by molar-refractivity contribution is -0.0498. The van der Waals surface area contributed by atoms with Crippen LogP contribution in [0.25, 0.3) is 0 Å². The highest BCUT2D eigenvalue weighted by Crippen LogP contribution is 2.24. The minimum atomic E-state index is -2.89. The van der Waals surface area contributed by atoms with Crippen molar-refractivity contribution < 1.29 is 18.3 Å². The van der Waals surface area contributed by atoms with E-state index in [1.807, 2.05) is 0 Å². The standard InChI is InChI=1S/C11H11BrF2O2/c1-11(2,12)9(15)7-4-3-5-8(6-7)16-10(13)14/h3-6,10H,1-2H3. The number of halogens is 3. The third kappa shape index (κ3) is 3.56. The van der Waals surface area contributed by atoms with Gasteiger partial charge in [-0.15, -0.1) is 0 Å². The molecule has 1 rings (SSSR count). The molecule has 0 aromatic heterocycles. The number of ether oxygens (including phenoxy) is 1. The van der Waals surface area contributed by atoms with Crippen LogP contribution >= 0.6 is 15.9 Å². The second-order valence-electron chi connectivity index (χ2n) is 3.71. The van der Waals surface area contributed by atoms with Gasteiger partial charge in [-0.25, -0.2) is 0 Å². The van der Waals surface area contributed by atoms with Crippen molar-refractivity contribution in [2.75, 3.05) is 0 Å². The molecule has 16 heavy (non-hydrogen) atoms. The summed E-state index contributed by atoms with van der Waals surface area (Å²) in [5, 5.41) is 0. The highest BCUT2D eigenvalue weighted by atomic mass is 79.9. The molecule has 0 fully saturated rings. The zero-order valence-electron chi connectivity index (χ0n) is 8.84. The van der Waals surface area contributed by atoms with Crippen molar-refractivity contribution in [1.82, 2.24) is 0 Å². The van der Waals surface area contributed by atoms with Gasteiger partial charge in [0.05, 0.1) is 4.32 Å². The van der Waals surface area contributed by atoms with E-state index in [1.165, 1.54) is 18.2 Å². The minimum absolute atomic E-state index is 0.0161. The van der Waals surface area contributed by atoms with Crippen LogP contribution in [0.15, 0.2) is 24.3 Å². The van der Waals surface area contributed by atoms with Crippen LogP contribution in [-0.2, 0) is 0 Å². The lowest BCUT2D eigenvalue weighted by Crippen LogP contribution is -2.24. The molecule has 0 aliphatic heterocycles. The van der Waals surface area contributed by atoms with Gasteiger partial charge in [0, 0.05) is 5.56 Å². The Morgan fingerprint density at radius 3 is 2.56 bits per heavy atom. The van der Waals surface area contributed by atoms with E-state index in [4.69, 9.17) is 0 Å². The number of hydrogen-bond donors (Lipinski definition) is 0. The van der Waals surface area contributed by atoms with Gasteiger partial charge in [0.1, 0.15) is 5.75 Å². The van der Waals surface area contributed by atoms with Crippen LogP contribution in [-0.4, -0.2) is 16.7 Å². The molecule has 0 spiro atoms. The SMILES string of the molecule is CC(C)(Br)C(=O)c1cccc(OC(F)F)c1. The lowest BCUT2D eigenvalue weighted by atomic mass is 10.0. The molecule has 0 saturated heterocycles. The monoisotopic (exact) mass is 292 g/mol. The van der Waals surface area contributed by atoms with Crippen molar-refractivity contribution in [2.45, 2.75) is 24.8 Å². The molecule has 5 heteroatoms. The molecule has 0 heterocycles. The molecular weight excluding hydrogens is 282 g/mol. The molecule has 0 bridgehead atoms. The first-order chi connectivity index (χ1) is 7.30. The smallest absolute Gasteiger partial charge is 0.387 e. The molecule has 0 radical (unpaired) electrons. The predicted molar refractivity (Wildman–Crippen MR) is 60.4 cm³/mol. The summed E-state index contributed by atoms with van der Waals surface area (Å²) < 4.78 is 27.4. The number of alkyl halides is 3. The molecule has 0 aliphatic rings. The Balaban J connectivity index is 2.95. The number of Topliss-reactive ketones (excluding diaryl/α,β-unsaturated/α-hetero) is 1. The van der Waals surface area contributed by atoms with Gasteiger partial charge in [-0.2, -0.15) is 8.78 Å². The Labute approximate surface area is 101 Å². The molecule has 1 aromatic carbocycles. The third-order valence-corrected chi connectivity index (χ3v) is 2.22. The Hall–Kier alpha value is -0.970. The van der Waals surface area contributed by atoms with Gasteiger partial charge in [0.25, 0.3) is 0 Å². The molecule has 0 saturated carbocycles. The van der Waals surface area contributed by atoms with Crippen molar-refractivity contribution in [3.8, 4) is 5.75 Å². The van der Waals surface area contributed by atoms with Crippen molar-refractivity contribution in [1.29, 1.82) is 0 Å². The Bertz CT molecular complexity index is 386. The topological polar surface area (TPSA) is 26.3 Å². The highest BCUT2D eigenvalue weighted by molar-refractivity contribution is 9.10. The molecule has 0 unspecified atom stereocenters. The molecule has 0 atom stereocenters. The maximum Gasteiger partial charge on any atom is 0.387 e. The largest absolute Gasteiger partial charge is 0.435 e. The molecule has 0 amide bonds. The fourth-order valence-electron chi connectivity index (χ4n) is 1.16. The van der Waals surface area contributed by atoms with Crippen molar-refractivity contribution in [2.24, 2.45) is 0 Å². The number of ketones is 1. The van der Waals surface area contributed by atoms with Crippen LogP contribution in [0, 0.1) is 0 Å². The lowest BCUT2D eigenvalue weighted by Gasteiger charge is -2.15. The summed E-state index contributed by atoms with van der Waals surface area (Å²) in [5.41, 5.74) is 0.333. The Morgan fingerprint density at radius 2 is 2.06 bits per heavy atom. The van der Waals surface area contributed by atoms with Crippen LogP contribution < -0.4 is 4.74 Å². The Kier molecular flexibility index (Phi) is 4.02. The Morgan fingerprint density at radius 1 is 1.44 bits per heavy atom. The van der Waals surface area contributed by atoms with Gasteiger partial charge in [-0.1, -0.05) is 28.1 Å². The summed E-state index contributed by atoms with van der Waals surface area (Å²) in [5.74, 6) is -0.204. The van der Waals surface area contributed by atoms with Crippen molar-refractivity contribution in [3.63, 3.8) is 0 Å². The van der Waals surface area contributed by atoms with E-state index in [2.05, 4.69) is 20.7 Å². The summed E-state index contributed by atoms with van der Waals surface area (Å²) in [6.07, 6.45) is 0. The van der Waals surface area contributed by atoms with E-state index >= 15 is 0 Å². The minimum Gasteiger partial charge on any atom is -0.435 e. The highest BCUT2D eigenvalue weighted by Gasteiger charge is 2.25. The van der Waals surface area contributed by atoms with Gasteiger partial charge in [-0.3, -0.25) is 4.79 Å². The summed E-state index contributed by atoms with van der Waals surface area (Å²) in [4.78, 5) is 11.8. The van der Waals surface area contributed by atoms with E-state index in [0.29, 0.717) is 5.56 Å². The molecular formula is C11H11BrF2O2. The number of benzene rings is 1. The van der Waals surface area contributed by atoms with Crippen LogP contribution in [0.4, 0.5) is 8.78 Å². The maximum atomic E-state index is 12.0. The molecule has 0 N–H and O–H groups in total. The van der Waals surface area contributed by atoms with Crippen LogP contribution in [0.1, 0.15) is 24.2 Å². The quantitative estimate of drug-likeness (QED) is 0.625.